The maximum Gasteiger partial charge on any atom is 0.347 e. The van der Waals surface area contributed by atoms with Gasteiger partial charge in [0.25, 0.3) is 0 Å². The molecule has 2 N–H and O–H groups in total. The molecule has 1 aliphatic carbocycles. The Hall–Kier alpha value is -2.76. The van der Waals surface area contributed by atoms with Gasteiger partial charge in [-0.3, -0.25) is 5.41 Å². The van der Waals surface area contributed by atoms with Crippen molar-refractivity contribution in [3.05, 3.63) is 57.3 Å². The van der Waals surface area contributed by atoms with Gasteiger partial charge in [-0.05, 0) is 32.8 Å². The number of nitrogens with zero attached hydrogens (tertiary/aromatic N) is 3. The van der Waals surface area contributed by atoms with Crippen LogP contribution in [-0.2, 0) is 0 Å². The van der Waals surface area contributed by atoms with E-state index in [0.717, 1.165) is 29.4 Å². The molecule has 0 unspecified atom stereocenters. The van der Waals surface area contributed by atoms with E-state index in [1.54, 1.807) is 0 Å². The Morgan fingerprint density at radius 2 is 2.04 bits per heavy atom. The average molecular weight is 335 g/mol. The molecule has 1 aliphatic rings. The van der Waals surface area contributed by atoms with Gasteiger partial charge < -0.3 is 4.98 Å². The average Bonchev–Trinajstić information content (AvgIpc) is 3.21. The maximum absolute atomic E-state index is 11.9. The molecule has 0 bridgehead atoms. The lowest BCUT2D eigenvalue weighted by Gasteiger charge is -2.10. The molecule has 25 heavy (non-hydrogen) atoms. The van der Waals surface area contributed by atoms with Gasteiger partial charge in [-0.15, -0.1) is 0 Å². The quantitative estimate of drug-likeness (QED) is 0.720. The Labute approximate surface area is 145 Å². The maximum atomic E-state index is 11.9. The van der Waals surface area contributed by atoms with Crippen LogP contribution in [-0.4, -0.2) is 25.5 Å². The number of nitrogens with one attached hydrogen (secondary N) is 2. The number of hydrogen-bond donors (Lipinski definition) is 2. The summed E-state index contributed by atoms with van der Waals surface area (Å²) in [4.78, 5) is 18.9. The van der Waals surface area contributed by atoms with Crippen molar-refractivity contribution < 1.29 is 0 Å². The smallest absolute Gasteiger partial charge is 0.309 e. The lowest BCUT2D eigenvalue weighted by molar-refractivity contribution is 0.477. The van der Waals surface area contributed by atoms with Crippen LogP contribution >= 0.6 is 0 Å². The van der Waals surface area contributed by atoms with Crippen molar-refractivity contribution in [3.63, 3.8) is 0 Å². The molecule has 2 aromatic heterocycles. The minimum atomic E-state index is -0.363. The summed E-state index contributed by atoms with van der Waals surface area (Å²) >= 11 is 0. The van der Waals surface area contributed by atoms with E-state index < -0.39 is 0 Å². The Morgan fingerprint density at radius 1 is 1.28 bits per heavy atom. The third-order valence-corrected chi connectivity index (χ3v) is 4.98. The summed E-state index contributed by atoms with van der Waals surface area (Å²) in [5.74, 6) is 0. The molecule has 1 saturated carbocycles. The summed E-state index contributed by atoms with van der Waals surface area (Å²) < 4.78 is 1.88. The zero-order chi connectivity index (χ0) is 17.6. The van der Waals surface area contributed by atoms with E-state index in [1.165, 1.54) is 12.8 Å². The Bertz CT molecular complexity index is 1020. The first kappa shape index (κ1) is 15.7. The molecule has 0 spiro atoms. The number of fused-ring (bicyclic) bond motifs is 1. The zero-order valence-electron chi connectivity index (χ0n) is 14.5. The van der Waals surface area contributed by atoms with Gasteiger partial charge in [0.05, 0.1) is 17.1 Å². The van der Waals surface area contributed by atoms with E-state index in [4.69, 9.17) is 10.5 Å². The summed E-state index contributed by atoms with van der Waals surface area (Å²) in [6.45, 7) is 3.86. The normalized spacial score (nSPS) is 15.1. The largest absolute Gasteiger partial charge is 0.347 e. The van der Waals surface area contributed by atoms with E-state index >= 15 is 0 Å². The molecule has 128 valence electrons. The third-order valence-electron chi connectivity index (χ3n) is 4.98. The van der Waals surface area contributed by atoms with Crippen molar-refractivity contribution in [2.75, 3.05) is 0 Å². The van der Waals surface area contributed by atoms with Gasteiger partial charge in [-0.25, -0.2) is 9.48 Å². The molecule has 1 fully saturated rings. The fraction of sp³-hybridized carbons (Fsp3) is 0.368. The molecule has 0 radical (unpaired) electrons. The lowest BCUT2D eigenvalue weighted by Crippen LogP contribution is -2.15. The number of aromatic amines is 1. The highest BCUT2D eigenvalue weighted by molar-refractivity contribution is 6.16. The van der Waals surface area contributed by atoms with Crippen LogP contribution < -0.4 is 5.69 Å². The lowest BCUT2D eigenvalue weighted by atomic mass is 10.0. The minimum absolute atomic E-state index is 0.259. The van der Waals surface area contributed by atoms with Crippen molar-refractivity contribution in [2.45, 2.75) is 45.6 Å². The van der Waals surface area contributed by atoms with Crippen molar-refractivity contribution in [1.82, 2.24) is 19.7 Å². The van der Waals surface area contributed by atoms with Crippen LogP contribution in [0.4, 0.5) is 0 Å². The van der Waals surface area contributed by atoms with Gasteiger partial charge in [0.1, 0.15) is 5.69 Å². The van der Waals surface area contributed by atoms with E-state index in [-0.39, 0.29) is 11.7 Å². The number of H-pyrrole nitrogens is 1. The predicted octanol–water partition coefficient (Wildman–Crippen LogP) is 3.27. The zero-order valence-corrected chi connectivity index (χ0v) is 14.5. The molecule has 0 atom stereocenters. The Morgan fingerprint density at radius 3 is 2.76 bits per heavy atom. The highest BCUT2D eigenvalue weighted by Gasteiger charge is 2.25. The van der Waals surface area contributed by atoms with Gasteiger partial charge in [0.15, 0.2) is 5.65 Å². The second kappa shape index (κ2) is 5.95. The second-order valence-corrected chi connectivity index (χ2v) is 6.84. The van der Waals surface area contributed by atoms with E-state index in [2.05, 4.69) is 9.97 Å². The number of aromatic nitrogens is 4. The summed E-state index contributed by atoms with van der Waals surface area (Å²) in [6, 6.07) is 8.12. The Kier molecular flexibility index (Phi) is 3.75. The van der Waals surface area contributed by atoms with Gasteiger partial charge in [0, 0.05) is 11.3 Å². The molecule has 3 aromatic rings. The van der Waals surface area contributed by atoms with Crippen molar-refractivity contribution in [1.29, 1.82) is 5.41 Å². The molecule has 4 rings (SSSR count). The molecule has 2 heterocycles. The Balaban J connectivity index is 1.94. The molecule has 6 heteroatoms. The summed E-state index contributed by atoms with van der Waals surface area (Å²) in [7, 11) is 0. The van der Waals surface area contributed by atoms with Crippen LogP contribution in [0.5, 0.6) is 0 Å². The summed E-state index contributed by atoms with van der Waals surface area (Å²) in [6.07, 6.45) is 4.42. The highest BCUT2D eigenvalue weighted by Crippen LogP contribution is 2.32. The first-order chi connectivity index (χ1) is 12.0. The number of aryl methyl sites for hydroxylation is 2. The molecular weight excluding hydrogens is 314 g/mol. The van der Waals surface area contributed by atoms with Gasteiger partial charge in [0.2, 0.25) is 0 Å². The summed E-state index contributed by atoms with van der Waals surface area (Å²) in [5.41, 5.74) is 3.83. The highest BCUT2D eigenvalue weighted by atomic mass is 16.1. The van der Waals surface area contributed by atoms with Crippen LogP contribution in [0.2, 0.25) is 0 Å². The SMILES string of the molecule is Cc1cccc(C(=N)c2nn(C3CCCC3)c3nc(=O)[nH]c(C)c23)c1. The monoisotopic (exact) mass is 335 g/mol. The van der Waals surface area contributed by atoms with E-state index in [1.807, 2.05) is 42.8 Å². The fourth-order valence-electron chi connectivity index (χ4n) is 3.74. The van der Waals surface area contributed by atoms with Crippen LogP contribution in [0, 0.1) is 19.3 Å². The van der Waals surface area contributed by atoms with Gasteiger partial charge in [-0.1, -0.05) is 36.6 Å². The van der Waals surface area contributed by atoms with Crippen LogP contribution in [0.3, 0.4) is 0 Å². The van der Waals surface area contributed by atoms with Crippen LogP contribution in [0.25, 0.3) is 11.0 Å². The second-order valence-electron chi connectivity index (χ2n) is 6.84. The van der Waals surface area contributed by atoms with Crippen LogP contribution in [0.15, 0.2) is 29.1 Å². The van der Waals surface area contributed by atoms with Crippen LogP contribution in [0.1, 0.15) is 54.2 Å². The molecule has 0 amide bonds. The molecule has 6 nitrogen and oxygen atoms in total. The molecule has 0 aliphatic heterocycles. The van der Waals surface area contributed by atoms with E-state index in [9.17, 15) is 4.79 Å². The molecule has 1 aromatic carbocycles. The topological polar surface area (TPSA) is 87.4 Å². The van der Waals surface area contributed by atoms with Crippen molar-refractivity contribution >= 4 is 16.7 Å². The number of rotatable bonds is 3. The first-order valence-corrected chi connectivity index (χ1v) is 8.69. The fourth-order valence-corrected chi connectivity index (χ4v) is 3.74. The number of hydrogen-bond acceptors (Lipinski definition) is 4. The van der Waals surface area contributed by atoms with Gasteiger partial charge >= 0.3 is 5.69 Å². The van der Waals surface area contributed by atoms with Gasteiger partial charge in [-0.2, -0.15) is 10.1 Å². The first-order valence-electron chi connectivity index (χ1n) is 8.69. The number of benzene rings is 1. The molecular formula is C19H21N5O. The summed E-state index contributed by atoms with van der Waals surface area (Å²) in [5, 5.41) is 14.2. The van der Waals surface area contributed by atoms with Crippen molar-refractivity contribution in [3.8, 4) is 0 Å². The standard InChI is InChI=1S/C19H21N5O/c1-11-6-5-7-13(10-11)16(20)17-15-12(2)21-19(25)22-18(15)24(23-17)14-8-3-4-9-14/h5-7,10,14,20H,3-4,8-9H2,1-2H3,(H,21,22,25). The predicted molar refractivity (Wildman–Crippen MR) is 97.5 cm³/mol. The van der Waals surface area contributed by atoms with Crippen molar-refractivity contribution in [2.24, 2.45) is 0 Å². The molecule has 0 saturated heterocycles. The third kappa shape index (κ3) is 2.67. The minimum Gasteiger partial charge on any atom is -0.309 e. The van der Waals surface area contributed by atoms with E-state index in [0.29, 0.717) is 22.7 Å².